The van der Waals surface area contributed by atoms with Gasteiger partial charge in [0.2, 0.25) is 35.4 Å². The van der Waals surface area contributed by atoms with Gasteiger partial charge < -0.3 is 294 Å². The first-order valence-electron chi connectivity index (χ1n) is 47.9. The molecule has 12 rings (SSSR count). The third-order valence-corrected chi connectivity index (χ3v) is 27.4. The van der Waals surface area contributed by atoms with Crippen molar-refractivity contribution in [2.45, 2.75) is 423 Å². The SMILES string of the molecule is CC(=O)N[C@@H]1[C@@H](O[C@@H]2O[C@H](CO[C@@H]3O[C@H](CO)[C@@H](O[C@@H]4O[C@H](CO)[C@H](O)[C@H](O[C@@H]5O[C@H](CO)[C@@H](O)[C@H](O)[C@H]5NC(C)=O)[C@H]4O[C@@H]4O[C@@H](C)[C@@H](O)[C@@H](O)[C@@H]4O)[C@H](O)[C@H]3NC(C)=O)[C@H](O)[C@H](O[C@@H]3O[C@H](CO)[C@@H](O[C@@H]4O[C@H](CO)[C@H](O)[C@H](O[C@@H]5O[C@H](CO)[C@@H](O)[C@H](O)[C@H]5NC(C)=O)[C@H]4O)[C@H](O)[C@H]3NC(C)=O)[C@H]2O)[C@@H](O)[C@@H](CO[C@@H]2O[C@H](CO)[C@@H](O[C@@H]3O[C@H](CO)[C@H](O)[C@H](O)[C@H]3O[C@@H]3O[C@@H](C)[C@@H](O)[C@@H](O)[C@@H]3O)[C@H](O)[C@H]2NC(C)=O)O[C@@H]1O. The average Bonchev–Trinajstić information content (AvgIpc) is 0.754. The first-order chi connectivity index (χ1) is 70.4. The molecule has 0 spiro atoms. The minimum Gasteiger partial charge on any atom is -0.394 e. The van der Waals surface area contributed by atoms with Crippen LogP contribution in [0.15, 0.2) is 0 Å². The highest BCUT2D eigenvalue weighted by molar-refractivity contribution is 5.75. The molecule has 12 aliphatic heterocycles. The number of nitrogens with one attached hydrogen (secondary N) is 6. The summed E-state index contributed by atoms with van der Waals surface area (Å²) in [4.78, 5) is 78.5. The summed E-state index contributed by atoms with van der Waals surface area (Å²) in [6.45, 7) is -3.41. The predicted molar refractivity (Wildman–Crippen MR) is 462 cm³/mol. The number of ether oxygens (including phenoxy) is 23. The van der Waals surface area contributed by atoms with Crippen molar-refractivity contribution in [3.63, 3.8) is 0 Å². The van der Waals surface area contributed by atoms with Gasteiger partial charge in [0.05, 0.1) is 78.3 Å². The van der Waals surface area contributed by atoms with Crippen LogP contribution in [-0.2, 0) is 138 Å². The minimum atomic E-state index is -2.66. The lowest BCUT2D eigenvalue weighted by Gasteiger charge is -2.51. The van der Waals surface area contributed by atoms with Crippen molar-refractivity contribution in [2.75, 3.05) is 66.1 Å². The number of aliphatic hydroxyl groups excluding tert-OH is 30. The van der Waals surface area contributed by atoms with E-state index in [0.717, 1.165) is 41.5 Å². The van der Waals surface area contributed by atoms with Crippen LogP contribution in [0.5, 0.6) is 0 Å². The van der Waals surface area contributed by atoms with Crippen molar-refractivity contribution in [3.8, 4) is 0 Å². The van der Waals surface area contributed by atoms with Crippen LogP contribution in [0.1, 0.15) is 55.4 Å². The van der Waals surface area contributed by atoms with E-state index in [2.05, 4.69) is 31.9 Å². The Morgan fingerprint density at radius 3 is 0.792 bits per heavy atom. The van der Waals surface area contributed by atoms with Crippen LogP contribution in [-0.4, -0.2) is 623 Å². The Labute approximate surface area is 845 Å². The van der Waals surface area contributed by atoms with E-state index in [0.29, 0.717) is 0 Å². The number of rotatable bonds is 38. The molecular formula is C84H140N6O59. The molecule has 0 aromatic rings. The maximum absolute atomic E-state index is 13.5. The molecule has 0 aromatic heterocycles. The van der Waals surface area contributed by atoms with E-state index >= 15 is 0 Å². The summed E-state index contributed by atoms with van der Waals surface area (Å²) in [6, 6.07) is -11.7. The van der Waals surface area contributed by atoms with Crippen LogP contribution in [0.2, 0.25) is 0 Å². The number of aliphatic hydroxyl groups is 30. The van der Waals surface area contributed by atoms with Gasteiger partial charge in [0.1, 0.15) is 280 Å². The van der Waals surface area contributed by atoms with Crippen LogP contribution in [0.4, 0.5) is 0 Å². The molecule has 12 fully saturated rings. The lowest BCUT2D eigenvalue weighted by Crippen LogP contribution is -2.71. The molecule has 0 unspecified atom stereocenters. The summed E-state index contributed by atoms with van der Waals surface area (Å²) >= 11 is 0. The van der Waals surface area contributed by atoms with Gasteiger partial charge in [-0.25, -0.2) is 0 Å². The molecule has 12 heterocycles. The highest BCUT2D eigenvalue weighted by Crippen LogP contribution is 2.43. The number of carbonyl (C=O) groups excluding carboxylic acids is 6. The van der Waals surface area contributed by atoms with Gasteiger partial charge in [-0.05, 0) is 13.8 Å². The molecule has 860 valence electrons. The molecule has 0 saturated carbocycles. The predicted octanol–water partition coefficient (Wildman–Crippen LogP) is -24.2. The lowest BCUT2D eigenvalue weighted by atomic mass is 9.93. The van der Waals surface area contributed by atoms with E-state index in [4.69, 9.17) is 109 Å². The van der Waals surface area contributed by atoms with Crippen LogP contribution in [0.3, 0.4) is 0 Å². The minimum absolute atomic E-state index is 0.844. The fourth-order valence-electron chi connectivity index (χ4n) is 19.5. The summed E-state index contributed by atoms with van der Waals surface area (Å²) in [6.07, 6.45) is -113. The Bertz CT molecular complexity index is 4230. The van der Waals surface area contributed by atoms with Gasteiger partial charge in [0, 0.05) is 41.5 Å². The standard InChI is InChI=1S/C84H140N6O59/c1-19-43(105)57(119)60(122)79(129-19)148-71-59(121)47(109)29(11-93)135-83(71)142-65-32(14-96)137-74(39(54(65)116)87-23(5)101)127-17-35-50(112)67(42(73(126)131-35)90-26(8)104)144-82-63(125)69(146-78-41(89-25(7)103)56(118)64(34(16-98)139-78)141-81-62(124)68(48(110)30(12-94)134-81)145-76-37(85-21(3)99)52(114)45(107)27(9-91)132-76)51(113)36(140-82)18-128-75-40(88-24(6)102)55(117)66(33(15-97)138-75)143-84-72(149-80-61(123)58(120)44(106)20(2)130-80)70(49(111)31(13-95)136-84)147-77-38(86-22(4)100)53(115)46(108)28(10-92)133-77/h19-20,27-84,91-98,105-126H,9-18H2,1-8H3,(H,85,99)(H,86,100)(H,87,101)(H,88,102)(H,89,103)(H,90,104)/t19-,20-,27+,28+,29+,30+,31+,32+,33+,34+,35+,36+,37+,38+,39+,40+,41+,42+,43+,44+,45+,46+,47-,48-,49-,50-,51-,52+,53+,54+,55+,56+,57+,58+,59-,60-,61-,62+,63+,64+,65+,66+,67+,68-,69-,70-,71+,72+,73-,74+,75+,76-,77-,78-,79-,80-,81-,82-,83-,84-/m0/s1. The highest BCUT2D eigenvalue weighted by Gasteiger charge is 2.64. The first kappa shape index (κ1) is 122. The number of hydrogen-bond acceptors (Lipinski definition) is 59. The summed E-state index contributed by atoms with van der Waals surface area (Å²) in [5.41, 5.74) is 0. The van der Waals surface area contributed by atoms with E-state index in [1.165, 1.54) is 13.8 Å². The number of hydrogen-bond donors (Lipinski definition) is 36. The van der Waals surface area contributed by atoms with E-state index in [9.17, 15) is 182 Å². The second-order valence-corrected chi connectivity index (χ2v) is 38.1. The molecule has 0 bridgehead atoms. The molecule has 6 amide bonds. The summed E-state index contributed by atoms with van der Waals surface area (Å²) in [7, 11) is 0. The molecule has 60 atom stereocenters. The smallest absolute Gasteiger partial charge is 0.217 e. The summed E-state index contributed by atoms with van der Waals surface area (Å²) in [5.74, 6) is -5.80. The van der Waals surface area contributed by atoms with Crippen LogP contribution < -0.4 is 31.9 Å². The quantitative estimate of drug-likeness (QED) is 0.0273. The number of amides is 6. The van der Waals surface area contributed by atoms with Gasteiger partial charge in [0.15, 0.2) is 75.5 Å². The van der Waals surface area contributed by atoms with Crippen LogP contribution >= 0.6 is 0 Å². The van der Waals surface area contributed by atoms with Gasteiger partial charge in [-0.1, -0.05) is 0 Å². The van der Waals surface area contributed by atoms with E-state index in [1.54, 1.807) is 0 Å². The molecule has 36 N–H and O–H groups in total. The van der Waals surface area contributed by atoms with Crippen molar-refractivity contribution >= 4 is 35.4 Å². The Morgan fingerprint density at radius 2 is 0.423 bits per heavy atom. The van der Waals surface area contributed by atoms with Crippen LogP contribution in [0, 0.1) is 0 Å². The second kappa shape index (κ2) is 53.4. The molecular weight excluding hydrogens is 2040 g/mol. The monoisotopic (exact) mass is 2180 g/mol. The third kappa shape index (κ3) is 27.5. The zero-order chi connectivity index (χ0) is 110. The van der Waals surface area contributed by atoms with Gasteiger partial charge in [-0.2, -0.15) is 0 Å². The van der Waals surface area contributed by atoms with Crippen molar-refractivity contribution < 1.29 is 291 Å². The lowest BCUT2D eigenvalue weighted by molar-refractivity contribution is -0.399. The Hall–Kier alpha value is -5.30. The van der Waals surface area contributed by atoms with Crippen molar-refractivity contribution in [3.05, 3.63) is 0 Å². The topological polar surface area (TPSA) is 994 Å². The van der Waals surface area contributed by atoms with Gasteiger partial charge >= 0.3 is 0 Å². The molecule has 0 aromatic carbocycles. The molecule has 65 nitrogen and oxygen atoms in total. The zero-order valence-corrected chi connectivity index (χ0v) is 81.0. The first-order valence-corrected chi connectivity index (χ1v) is 47.9. The maximum Gasteiger partial charge on any atom is 0.217 e. The zero-order valence-electron chi connectivity index (χ0n) is 81.0. The molecule has 0 aliphatic carbocycles. The van der Waals surface area contributed by atoms with Crippen LogP contribution in [0.25, 0.3) is 0 Å². The molecule has 0 radical (unpaired) electrons. The third-order valence-electron chi connectivity index (χ3n) is 27.4. The molecule has 12 saturated heterocycles. The average molecular weight is 2180 g/mol. The molecule has 12 aliphatic rings. The van der Waals surface area contributed by atoms with E-state index in [-0.39, 0.29) is 0 Å². The second-order valence-electron chi connectivity index (χ2n) is 38.1. The Balaban J connectivity index is 0.857. The normalized spacial score (nSPS) is 49.0. The Kier molecular flexibility index (Phi) is 43.8. The molecule has 149 heavy (non-hydrogen) atoms. The fraction of sp³-hybridized carbons (Fsp3) is 0.929. The van der Waals surface area contributed by atoms with Gasteiger partial charge in [0.25, 0.3) is 0 Å². The number of carbonyl (C=O) groups is 6. The van der Waals surface area contributed by atoms with Gasteiger partial charge in [-0.3, -0.25) is 28.8 Å². The molecule has 65 heteroatoms. The van der Waals surface area contributed by atoms with Crippen molar-refractivity contribution in [2.24, 2.45) is 0 Å². The highest BCUT2D eigenvalue weighted by atomic mass is 16.8. The van der Waals surface area contributed by atoms with Crippen molar-refractivity contribution in [1.29, 1.82) is 0 Å². The fourth-order valence-corrected chi connectivity index (χ4v) is 19.5. The maximum atomic E-state index is 13.5. The Morgan fingerprint density at radius 1 is 0.188 bits per heavy atom. The van der Waals surface area contributed by atoms with E-state index < -0.39 is 470 Å². The van der Waals surface area contributed by atoms with Gasteiger partial charge in [-0.15, -0.1) is 0 Å². The summed E-state index contributed by atoms with van der Waals surface area (Å²) in [5, 5.41) is 355. The van der Waals surface area contributed by atoms with Crippen molar-refractivity contribution in [1.82, 2.24) is 31.9 Å². The summed E-state index contributed by atoms with van der Waals surface area (Å²) < 4.78 is 139. The van der Waals surface area contributed by atoms with E-state index in [1.807, 2.05) is 0 Å². The largest absolute Gasteiger partial charge is 0.394 e.